The number of rotatable bonds is 6. The van der Waals surface area contributed by atoms with E-state index >= 15 is 0 Å². The number of hydrogen-bond donors (Lipinski definition) is 0. The second-order valence-corrected chi connectivity index (χ2v) is 9.30. The molecule has 1 saturated carbocycles. The van der Waals surface area contributed by atoms with Gasteiger partial charge in [-0.3, -0.25) is 14.4 Å². The monoisotopic (exact) mass is 394 g/mol. The van der Waals surface area contributed by atoms with Crippen molar-refractivity contribution in [3.05, 3.63) is 30.3 Å². The summed E-state index contributed by atoms with van der Waals surface area (Å²) in [5.41, 5.74) is 1.17. The molecule has 2 saturated heterocycles. The van der Waals surface area contributed by atoms with Crippen molar-refractivity contribution in [2.24, 2.45) is 5.92 Å². The lowest BCUT2D eigenvalue weighted by molar-refractivity contribution is 0.0842. The zero-order chi connectivity index (χ0) is 19.8. The van der Waals surface area contributed by atoms with Crippen molar-refractivity contribution >= 4 is 5.95 Å². The predicted octanol–water partition coefficient (Wildman–Crippen LogP) is 2.96. The highest BCUT2D eigenvalue weighted by atomic mass is 15.4. The minimum Gasteiger partial charge on any atom is -0.339 e. The second-order valence-electron chi connectivity index (χ2n) is 9.30. The Morgan fingerprint density at radius 1 is 0.931 bits per heavy atom. The topological polar surface area (TPSA) is 40.4 Å². The van der Waals surface area contributed by atoms with Crippen molar-refractivity contribution in [2.75, 3.05) is 44.2 Å². The highest BCUT2D eigenvalue weighted by molar-refractivity contribution is 5.57. The molecule has 0 amide bonds. The van der Waals surface area contributed by atoms with Crippen molar-refractivity contribution in [2.45, 2.75) is 51.7 Å². The maximum absolute atomic E-state index is 4.68. The third kappa shape index (κ3) is 4.05. The van der Waals surface area contributed by atoms with E-state index in [1.165, 1.54) is 51.0 Å². The Kier molecular flexibility index (Phi) is 5.31. The number of anilines is 1. The predicted molar refractivity (Wildman–Crippen MR) is 117 cm³/mol. The fraction of sp³-hybridized carbons (Fsp3) is 0.652. The normalized spacial score (nSPS) is 24.0. The molecule has 0 N–H and O–H groups in total. The van der Waals surface area contributed by atoms with Crippen molar-refractivity contribution in [3.63, 3.8) is 0 Å². The zero-order valence-electron chi connectivity index (χ0n) is 17.9. The number of piperazine rings is 1. The molecule has 1 aromatic carbocycles. The van der Waals surface area contributed by atoms with Crippen LogP contribution in [0.15, 0.2) is 30.3 Å². The fourth-order valence-corrected chi connectivity index (χ4v) is 4.90. The molecule has 2 aromatic rings. The summed E-state index contributed by atoms with van der Waals surface area (Å²) >= 11 is 0. The van der Waals surface area contributed by atoms with Gasteiger partial charge in [-0.1, -0.05) is 30.3 Å². The Morgan fingerprint density at radius 3 is 2.38 bits per heavy atom. The van der Waals surface area contributed by atoms with E-state index in [9.17, 15) is 0 Å². The molecule has 5 rings (SSSR count). The summed E-state index contributed by atoms with van der Waals surface area (Å²) in [7, 11) is 0. The van der Waals surface area contributed by atoms with Crippen LogP contribution in [0.5, 0.6) is 0 Å². The molecule has 3 fully saturated rings. The van der Waals surface area contributed by atoms with Gasteiger partial charge in [-0.15, -0.1) is 10.2 Å². The first-order chi connectivity index (χ1) is 14.2. The van der Waals surface area contributed by atoms with Crippen LogP contribution >= 0.6 is 0 Å². The van der Waals surface area contributed by atoms with Crippen molar-refractivity contribution in [3.8, 4) is 11.4 Å². The Labute approximate surface area is 174 Å². The van der Waals surface area contributed by atoms with E-state index in [-0.39, 0.29) is 0 Å². The molecule has 1 aromatic heterocycles. The Hall–Kier alpha value is -1.92. The van der Waals surface area contributed by atoms with Gasteiger partial charge >= 0.3 is 0 Å². The van der Waals surface area contributed by atoms with Gasteiger partial charge in [0.15, 0.2) is 5.82 Å². The molecule has 6 nitrogen and oxygen atoms in total. The number of benzene rings is 1. The van der Waals surface area contributed by atoms with Gasteiger partial charge in [0.1, 0.15) is 0 Å². The van der Waals surface area contributed by atoms with E-state index in [0.717, 1.165) is 37.3 Å². The van der Waals surface area contributed by atoms with Gasteiger partial charge in [0.25, 0.3) is 0 Å². The quantitative estimate of drug-likeness (QED) is 0.753. The Bertz CT molecular complexity index is 804. The van der Waals surface area contributed by atoms with Crippen LogP contribution in [0.2, 0.25) is 0 Å². The van der Waals surface area contributed by atoms with Gasteiger partial charge in [-0.25, -0.2) is 0 Å². The van der Waals surface area contributed by atoms with Crippen LogP contribution in [0.1, 0.15) is 33.1 Å². The van der Waals surface area contributed by atoms with Gasteiger partial charge in [-0.2, -0.15) is 0 Å². The van der Waals surface area contributed by atoms with Crippen LogP contribution in [-0.4, -0.2) is 75.9 Å². The molecule has 3 heterocycles. The Morgan fingerprint density at radius 2 is 1.69 bits per heavy atom. The zero-order valence-corrected chi connectivity index (χ0v) is 17.9. The molecule has 1 unspecified atom stereocenters. The molecule has 1 aliphatic carbocycles. The lowest BCUT2D eigenvalue weighted by Crippen LogP contribution is -2.52. The standard InChI is InChI=1S/C23H34N6/c1-18(2)26-12-14-27(15-13-26)21-10-11-28(17-21)23-25-24-22(20-6-4-3-5-7-20)29(23)16-19-8-9-19/h3-7,18-19,21H,8-17H2,1-2H3. The third-order valence-corrected chi connectivity index (χ3v) is 6.94. The van der Waals surface area contributed by atoms with E-state index in [0.29, 0.717) is 12.1 Å². The summed E-state index contributed by atoms with van der Waals surface area (Å²) in [6, 6.07) is 11.9. The highest BCUT2D eigenvalue weighted by Gasteiger charge is 2.34. The van der Waals surface area contributed by atoms with Crippen LogP contribution in [0.3, 0.4) is 0 Å². The molecule has 1 atom stereocenters. The van der Waals surface area contributed by atoms with Crippen LogP contribution < -0.4 is 4.90 Å². The number of hydrogen-bond acceptors (Lipinski definition) is 5. The minimum absolute atomic E-state index is 0.649. The molecule has 29 heavy (non-hydrogen) atoms. The summed E-state index contributed by atoms with van der Waals surface area (Å²) in [5.74, 6) is 2.91. The molecular weight excluding hydrogens is 360 g/mol. The summed E-state index contributed by atoms with van der Waals surface area (Å²) in [6.07, 6.45) is 3.92. The van der Waals surface area contributed by atoms with Crippen LogP contribution in [0.25, 0.3) is 11.4 Å². The van der Waals surface area contributed by atoms with E-state index in [1.807, 2.05) is 0 Å². The van der Waals surface area contributed by atoms with Crippen molar-refractivity contribution in [1.82, 2.24) is 24.6 Å². The summed E-state index contributed by atoms with van der Waals surface area (Å²) in [6.45, 7) is 12.6. The number of nitrogens with zero attached hydrogens (tertiary/aromatic N) is 6. The Balaban J connectivity index is 1.31. The van der Waals surface area contributed by atoms with Gasteiger partial charge < -0.3 is 4.90 Å². The molecule has 6 heteroatoms. The smallest absolute Gasteiger partial charge is 0.227 e. The maximum Gasteiger partial charge on any atom is 0.227 e. The van der Waals surface area contributed by atoms with Crippen LogP contribution in [-0.2, 0) is 6.54 Å². The van der Waals surface area contributed by atoms with Gasteiger partial charge in [0.05, 0.1) is 0 Å². The first-order valence-corrected chi connectivity index (χ1v) is 11.4. The first kappa shape index (κ1) is 19.1. The van der Waals surface area contributed by atoms with E-state index < -0.39 is 0 Å². The summed E-state index contributed by atoms with van der Waals surface area (Å²) < 4.78 is 2.39. The summed E-state index contributed by atoms with van der Waals surface area (Å²) in [4.78, 5) is 7.79. The van der Waals surface area contributed by atoms with E-state index in [4.69, 9.17) is 0 Å². The average Bonchev–Trinajstić information content (AvgIpc) is 3.26. The summed E-state index contributed by atoms with van der Waals surface area (Å²) in [5, 5.41) is 9.31. The first-order valence-electron chi connectivity index (χ1n) is 11.4. The van der Waals surface area contributed by atoms with E-state index in [2.05, 4.69) is 73.6 Å². The molecule has 0 bridgehead atoms. The molecule has 2 aliphatic heterocycles. The van der Waals surface area contributed by atoms with Gasteiger partial charge in [0, 0.05) is 63.5 Å². The van der Waals surface area contributed by atoms with Crippen molar-refractivity contribution < 1.29 is 0 Å². The van der Waals surface area contributed by atoms with Crippen LogP contribution in [0, 0.1) is 5.92 Å². The molecule has 3 aliphatic rings. The highest BCUT2D eigenvalue weighted by Crippen LogP contribution is 2.35. The lowest BCUT2D eigenvalue weighted by Gasteiger charge is -2.39. The lowest BCUT2D eigenvalue weighted by atomic mass is 10.1. The molecule has 0 radical (unpaired) electrons. The fourth-order valence-electron chi connectivity index (χ4n) is 4.90. The molecule has 156 valence electrons. The van der Waals surface area contributed by atoms with Gasteiger partial charge in [0.2, 0.25) is 5.95 Å². The SMILES string of the molecule is CC(C)N1CCN(C2CCN(c3nnc(-c4ccccc4)n3CC3CC3)C2)CC1. The average molecular weight is 395 g/mol. The van der Waals surface area contributed by atoms with Crippen molar-refractivity contribution in [1.29, 1.82) is 0 Å². The largest absolute Gasteiger partial charge is 0.339 e. The minimum atomic E-state index is 0.649. The number of aromatic nitrogens is 3. The second kappa shape index (κ2) is 8.07. The van der Waals surface area contributed by atoms with Crippen LogP contribution in [0.4, 0.5) is 5.95 Å². The molecular formula is C23H34N6. The third-order valence-electron chi connectivity index (χ3n) is 6.94. The maximum atomic E-state index is 4.68. The van der Waals surface area contributed by atoms with Gasteiger partial charge in [-0.05, 0) is 39.0 Å². The molecule has 0 spiro atoms. The van der Waals surface area contributed by atoms with E-state index in [1.54, 1.807) is 0 Å².